The van der Waals surface area contributed by atoms with Crippen LogP contribution in [0.5, 0.6) is 0 Å². The van der Waals surface area contributed by atoms with Crippen molar-refractivity contribution >= 4 is 17.9 Å². The number of hydrogen-bond donors (Lipinski definition) is 6. The molecule has 0 aromatic heterocycles. The van der Waals surface area contributed by atoms with Gasteiger partial charge >= 0.3 is 17.9 Å². The quantitative estimate of drug-likeness (QED) is 0.225. The molecule has 0 saturated heterocycles. The van der Waals surface area contributed by atoms with Crippen LogP contribution in [0, 0.1) is 5.92 Å². The molecule has 0 heterocycles. The lowest BCUT2D eigenvalue weighted by Crippen LogP contribution is -2.11. The average Bonchev–Trinajstić information content (AvgIpc) is 2.64. The van der Waals surface area contributed by atoms with E-state index >= 15 is 0 Å². The number of carboxylic acids is 3. The van der Waals surface area contributed by atoms with Gasteiger partial charge in [-0.2, -0.15) is 0 Å². The van der Waals surface area contributed by atoms with Gasteiger partial charge in [0.1, 0.15) is 0 Å². The summed E-state index contributed by atoms with van der Waals surface area (Å²) >= 11 is 0. The summed E-state index contributed by atoms with van der Waals surface area (Å²) in [5.41, 5.74) is 0. The molecule has 6 N–H and O–H groups in total. The number of ether oxygens (including phenoxy) is 1. The molecular formula is C17H30O10. The lowest BCUT2D eigenvalue weighted by Gasteiger charge is -2.07. The zero-order valence-corrected chi connectivity index (χ0v) is 15.4. The molecule has 0 bridgehead atoms. The third-order valence-electron chi connectivity index (χ3n) is 2.19. The molecule has 27 heavy (non-hydrogen) atoms. The summed E-state index contributed by atoms with van der Waals surface area (Å²) in [5.74, 6) is -3.31. The van der Waals surface area contributed by atoms with Gasteiger partial charge in [-0.05, 0) is 26.3 Å². The Labute approximate surface area is 158 Å². The first kappa shape index (κ1) is 32.0. The number of carboxylic acid groups (broad SMARTS) is 3. The van der Waals surface area contributed by atoms with Crippen LogP contribution in [-0.2, 0) is 19.1 Å². The van der Waals surface area contributed by atoms with Crippen molar-refractivity contribution in [1.82, 2.24) is 0 Å². The summed E-state index contributed by atoms with van der Waals surface area (Å²) in [4.78, 5) is 28.4. The summed E-state index contributed by atoms with van der Waals surface area (Å²) < 4.78 is 4.51. The standard InChI is InChI=1S/C6H14O3.C5H8O3.2C3H4O2/c7-3-1-2-6(4-8)5-9;1-3-8-4(2)5(6)7;2*1-2-3(4)5/h6-9H,1-5H2;2-3H2,1H3,(H,6,7);2*2H,1H2,(H,4,5). The van der Waals surface area contributed by atoms with E-state index in [1.807, 2.05) is 0 Å². The molecule has 0 aliphatic carbocycles. The van der Waals surface area contributed by atoms with Crippen LogP contribution in [0.4, 0.5) is 0 Å². The largest absolute Gasteiger partial charge is 0.487 e. The van der Waals surface area contributed by atoms with Crippen LogP contribution in [0.15, 0.2) is 37.6 Å². The smallest absolute Gasteiger partial charge is 0.370 e. The molecule has 0 unspecified atom stereocenters. The van der Waals surface area contributed by atoms with Gasteiger partial charge in [0.05, 0.1) is 6.61 Å². The second kappa shape index (κ2) is 25.5. The van der Waals surface area contributed by atoms with Crippen molar-refractivity contribution in [2.75, 3.05) is 26.4 Å². The molecule has 0 radical (unpaired) electrons. The van der Waals surface area contributed by atoms with E-state index in [0.717, 1.165) is 12.2 Å². The maximum absolute atomic E-state index is 9.86. The minimum atomic E-state index is -1.10. The van der Waals surface area contributed by atoms with Gasteiger partial charge in [-0.1, -0.05) is 13.2 Å². The highest BCUT2D eigenvalue weighted by Gasteiger charge is 2.03. The van der Waals surface area contributed by atoms with Gasteiger partial charge < -0.3 is 35.4 Å². The van der Waals surface area contributed by atoms with Crippen LogP contribution in [0.3, 0.4) is 0 Å². The monoisotopic (exact) mass is 394 g/mol. The van der Waals surface area contributed by atoms with Crippen LogP contribution >= 0.6 is 0 Å². The van der Waals surface area contributed by atoms with Gasteiger partial charge in [-0.3, -0.25) is 0 Å². The summed E-state index contributed by atoms with van der Waals surface area (Å²) in [6.07, 6.45) is 3.02. The number of carbonyl (C=O) groups is 3. The van der Waals surface area contributed by atoms with Crippen molar-refractivity contribution in [2.24, 2.45) is 5.92 Å². The molecule has 0 rings (SSSR count). The zero-order chi connectivity index (χ0) is 22.3. The fourth-order valence-electron chi connectivity index (χ4n) is 0.856. The molecule has 0 fully saturated rings. The fraction of sp³-hybridized carbons (Fsp3) is 0.471. The number of aliphatic hydroxyl groups is 3. The second-order valence-corrected chi connectivity index (χ2v) is 4.34. The lowest BCUT2D eigenvalue weighted by molar-refractivity contribution is -0.136. The second-order valence-electron chi connectivity index (χ2n) is 4.34. The molecule has 10 nitrogen and oxygen atoms in total. The molecular weight excluding hydrogens is 364 g/mol. The van der Waals surface area contributed by atoms with E-state index in [4.69, 9.17) is 30.6 Å². The number of aliphatic hydroxyl groups excluding tert-OH is 3. The van der Waals surface area contributed by atoms with Gasteiger partial charge in [0.15, 0.2) is 5.76 Å². The summed E-state index contributed by atoms with van der Waals surface area (Å²) in [7, 11) is 0. The van der Waals surface area contributed by atoms with Gasteiger partial charge in [-0.25, -0.2) is 14.4 Å². The maximum atomic E-state index is 9.86. The first-order valence-corrected chi connectivity index (χ1v) is 7.65. The van der Waals surface area contributed by atoms with Gasteiger partial charge in [0.2, 0.25) is 0 Å². The van der Waals surface area contributed by atoms with Crippen molar-refractivity contribution in [3.05, 3.63) is 37.6 Å². The average molecular weight is 394 g/mol. The molecule has 0 amide bonds. The van der Waals surface area contributed by atoms with E-state index in [1.165, 1.54) is 0 Å². The van der Waals surface area contributed by atoms with Crippen LogP contribution < -0.4 is 0 Å². The number of hydrogen-bond acceptors (Lipinski definition) is 7. The molecule has 0 aliphatic heterocycles. The number of aliphatic carboxylic acids is 3. The predicted molar refractivity (Wildman–Crippen MR) is 98.0 cm³/mol. The third kappa shape index (κ3) is 39.8. The molecule has 0 spiro atoms. The molecule has 0 atom stereocenters. The Bertz CT molecular complexity index is 409. The number of rotatable bonds is 10. The minimum absolute atomic E-state index is 0.0104. The SMILES string of the molecule is C=C(OCC)C(=O)O.C=CC(=O)O.C=CC(=O)O.OCCCC(CO)CO. The molecule has 10 heteroatoms. The van der Waals surface area contributed by atoms with Crippen LogP contribution in [-0.4, -0.2) is 75.0 Å². The van der Waals surface area contributed by atoms with Crippen LogP contribution in [0.1, 0.15) is 19.8 Å². The molecule has 158 valence electrons. The summed E-state index contributed by atoms with van der Waals surface area (Å²) in [5, 5.41) is 48.7. The van der Waals surface area contributed by atoms with Crippen molar-refractivity contribution in [2.45, 2.75) is 19.8 Å². The highest BCUT2D eigenvalue weighted by molar-refractivity contribution is 5.83. The molecule has 0 saturated carbocycles. The first-order chi connectivity index (χ1) is 12.6. The molecule has 0 aliphatic rings. The Morgan fingerprint density at radius 2 is 1.33 bits per heavy atom. The van der Waals surface area contributed by atoms with E-state index < -0.39 is 17.9 Å². The van der Waals surface area contributed by atoms with Gasteiger partial charge in [0, 0.05) is 37.9 Å². The molecule has 0 aromatic carbocycles. The van der Waals surface area contributed by atoms with Crippen LogP contribution in [0.25, 0.3) is 0 Å². The Kier molecular flexibility index (Phi) is 30.3. The summed E-state index contributed by atoms with van der Waals surface area (Å²) in [6, 6.07) is 0. The lowest BCUT2D eigenvalue weighted by atomic mass is 10.1. The predicted octanol–water partition coefficient (Wildman–Crippen LogP) is 0.495. The highest BCUT2D eigenvalue weighted by Crippen LogP contribution is 2.02. The Morgan fingerprint density at radius 1 is 0.963 bits per heavy atom. The maximum Gasteiger partial charge on any atom is 0.370 e. The minimum Gasteiger partial charge on any atom is -0.487 e. The zero-order valence-electron chi connectivity index (χ0n) is 15.4. The van der Waals surface area contributed by atoms with E-state index in [9.17, 15) is 14.4 Å². The fourth-order valence-corrected chi connectivity index (χ4v) is 0.856. The van der Waals surface area contributed by atoms with E-state index in [2.05, 4.69) is 24.5 Å². The van der Waals surface area contributed by atoms with Crippen molar-refractivity contribution in [3.8, 4) is 0 Å². The molecule has 0 aromatic rings. The normalized spacial score (nSPS) is 8.33. The van der Waals surface area contributed by atoms with E-state index in [0.29, 0.717) is 19.4 Å². The van der Waals surface area contributed by atoms with Crippen LogP contribution in [0.2, 0.25) is 0 Å². The Morgan fingerprint density at radius 3 is 1.48 bits per heavy atom. The van der Waals surface area contributed by atoms with E-state index in [-0.39, 0.29) is 31.5 Å². The van der Waals surface area contributed by atoms with Crippen molar-refractivity contribution in [3.63, 3.8) is 0 Å². The van der Waals surface area contributed by atoms with Crippen molar-refractivity contribution < 1.29 is 49.8 Å². The Balaban J connectivity index is -0.000000135. The van der Waals surface area contributed by atoms with Crippen molar-refractivity contribution in [1.29, 1.82) is 0 Å². The van der Waals surface area contributed by atoms with Gasteiger partial charge in [0.25, 0.3) is 0 Å². The topological polar surface area (TPSA) is 182 Å². The Hall–Kier alpha value is -2.69. The van der Waals surface area contributed by atoms with E-state index in [1.54, 1.807) is 6.92 Å². The first-order valence-electron chi connectivity index (χ1n) is 7.65. The van der Waals surface area contributed by atoms with Gasteiger partial charge in [-0.15, -0.1) is 0 Å². The highest BCUT2D eigenvalue weighted by atomic mass is 16.5. The summed E-state index contributed by atoms with van der Waals surface area (Å²) in [6.45, 7) is 11.3. The third-order valence-corrected chi connectivity index (χ3v) is 2.19.